The molecule has 0 N–H and O–H groups in total. The Balaban J connectivity index is 1.01. The van der Waals surface area contributed by atoms with E-state index in [0.717, 1.165) is 74.3 Å². The molecule has 0 aliphatic carbocycles. The summed E-state index contributed by atoms with van der Waals surface area (Å²) in [4.78, 5) is 17.7. The van der Waals surface area contributed by atoms with E-state index in [9.17, 15) is 9.18 Å². The first-order chi connectivity index (χ1) is 18.2. The molecule has 0 spiro atoms. The minimum atomic E-state index is -0.302. The van der Waals surface area contributed by atoms with E-state index in [2.05, 4.69) is 38.9 Å². The van der Waals surface area contributed by atoms with Gasteiger partial charge in [0.1, 0.15) is 5.82 Å². The number of halogens is 1. The summed E-state index contributed by atoms with van der Waals surface area (Å²) >= 11 is 0. The lowest BCUT2D eigenvalue weighted by Gasteiger charge is -2.31. The minimum Gasteiger partial charge on any atom is -0.356 e. The Kier molecular flexibility index (Phi) is 6.62. The number of fused-ring (bicyclic) bond motifs is 2. The zero-order chi connectivity index (χ0) is 25.2. The lowest BCUT2D eigenvalue weighted by atomic mass is 9.91. The fourth-order valence-corrected chi connectivity index (χ4v) is 5.65. The molecule has 2 aliphatic rings. The van der Waals surface area contributed by atoms with E-state index < -0.39 is 0 Å². The molecule has 0 unspecified atom stereocenters. The van der Waals surface area contributed by atoms with Crippen LogP contribution in [0.25, 0.3) is 17.0 Å². The van der Waals surface area contributed by atoms with Crippen molar-refractivity contribution in [3.8, 4) is 0 Å². The first kappa shape index (κ1) is 23.7. The number of hydrogen-bond acceptors (Lipinski definition) is 4. The number of carbonyl (C=O) groups is 1. The highest BCUT2D eigenvalue weighted by Crippen LogP contribution is 2.32. The van der Waals surface area contributed by atoms with Crippen LogP contribution in [0, 0.1) is 5.82 Å². The molecule has 4 heterocycles. The number of aromatic nitrogens is 2. The van der Waals surface area contributed by atoms with Crippen LogP contribution in [-0.4, -0.2) is 58.2 Å². The lowest BCUT2D eigenvalue weighted by molar-refractivity contribution is 0.0766. The molecular formula is C30H31FN4O2. The first-order valence-electron chi connectivity index (χ1n) is 13.1. The van der Waals surface area contributed by atoms with Crippen LogP contribution in [-0.2, 0) is 6.54 Å². The highest BCUT2D eigenvalue weighted by atomic mass is 19.1. The van der Waals surface area contributed by atoms with Gasteiger partial charge in [0.05, 0.1) is 17.0 Å². The van der Waals surface area contributed by atoms with E-state index >= 15 is 0 Å². The molecular weight excluding hydrogens is 467 g/mol. The standard InChI is InChI=1S/C30H31FN4O2/c31-24-9-10-26-28(20-24)37-32-29(26)23-11-17-33(18-12-23)14-5-16-34-15-4-8-27-25(30(34)36)13-19-35(27)21-22-6-2-1-3-7-22/h1-4,6-10,13,19-20,23H,5,11-12,14-18,21H2. The van der Waals surface area contributed by atoms with Crippen molar-refractivity contribution in [3.63, 3.8) is 0 Å². The number of rotatable bonds is 7. The van der Waals surface area contributed by atoms with Gasteiger partial charge in [-0.2, -0.15) is 0 Å². The Hall–Kier alpha value is -3.71. The molecule has 6 nitrogen and oxygen atoms in total. The quantitative estimate of drug-likeness (QED) is 0.335. The highest BCUT2D eigenvalue weighted by Gasteiger charge is 2.26. The maximum atomic E-state index is 13.5. The van der Waals surface area contributed by atoms with Gasteiger partial charge in [0, 0.05) is 43.2 Å². The van der Waals surface area contributed by atoms with Crippen molar-refractivity contribution < 1.29 is 13.7 Å². The van der Waals surface area contributed by atoms with Gasteiger partial charge < -0.3 is 18.9 Å². The molecule has 4 aromatic rings. The number of likely N-dealkylation sites (tertiary alicyclic amines) is 1. The minimum absolute atomic E-state index is 0.111. The molecule has 1 saturated heterocycles. The van der Waals surface area contributed by atoms with E-state index in [1.807, 2.05) is 35.4 Å². The van der Waals surface area contributed by atoms with Crippen LogP contribution in [0.4, 0.5) is 4.39 Å². The zero-order valence-corrected chi connectivity index (χ0v) is 20.9. The third-order valence-corrected chi connectivity index (χ3v) is 7.66. The summed E-state index contributed by atoms with van der Waals surface area (Å²) in [7, 11) is 0. The molecule has 0 radical (unpaired) electrons. The second-order valence-corrected chi connectivity index (χ2v) is 10.1. The van der Waals surface area contributed by atoms with Crippen molar-refractivity contribution in [2.45, 2.75) is 31.7 Å². The number of nitrogens with zero attached hydrogens (tertiary/aromatic N) is 4. The van der Waals surface area contributed by atoms with Gasteiger partial charge in [-0.3, -0.25) is 4.79 Å². The molecule has 0 bridgehead atoms. The van der Waals surface area contributed by atoms with Gasteiger partial charge in [0.2, 0.25) is 0 Å². The Morgan fingerprint density at radius 3 is 2.70 bits per heavy atom. The maximum absolute atomic E-state index is 13.5. The second kappa shape index (κ2) is 10.3. The normalized spacial score (nSPS) is 16.9. The molecule has 190 valence electrons. The molecule has 37 heavy (non-hydrogen) atoms. The van der Waals surface area contributed by atoms with E-state index in [1.165, 1.54) is 17.7 Å². The molecule has 0 atom stereocenters. The molecule has 7 heteroatoms. The summed E-state index contributed by atoms with van der Waals surface area (Å²) in [5.41, 5.74) is 4.46. The smallest absolute Gasteiger partial charge is 0.256 e. The maximum Gasteiger partial charge on any atom is 0.256 e. The van der Waals surface area contributed by atoms with Crippen molar-refractivity contribution in [1.29, 1.82) is 0 Å². The van der Waals surface area contributed by atoms with Crippen molar-refractivity contribution in [2.24, 2.45) is 0 Å². The zero-order valence-electron chi connectivity index (χ0n) is 20.9. The van der Waals surface area contributed by atoms with E-state index in [1.54, 1.807) is 6.07 Å². The van der Waals surface area contributed by atoms with Crippen LogP contribution in [0.2, 0.25) is 0 Å². The van der Waals surface area contributed by atoms with Gasteiger partial charge in [-0.15, -0.1) is 0 Å². The topological polar surface area (TPSA) is 54.5 Å². The summed E-state index contributed by atoms with van der Waals surface area (Å²) in [5.74, 6) is 0.142. The Labute approximate surface area is 216 Å². The van der Waals surface area contributed by atoms with Crippen LogP contribution in [0.5, 0.6) is 0 Å². The highest BCUT2D eigenvalue weighted by molar-refractivity contribution is 5.98. The Bertz CT molecular complexity index is 1420. The van der Waals surface area contributed by atoms with Crippen LogP contribution in [0.15, 0.2) is 71.4 Å². The summed E-state index contributed by atoms with van der Waals surface area (Å²) in [6.45, 7) is 5.07. The van der Waals surface area contributed by atoms with Crippen LogP contribution in [0.3, 0.4) is 0 Å². The number of hydrogen-bond donors (Lipinski definition) is 0. The van der Waals surface area contributed by atoms with Gasteiger partial charge in [0.25, 0.3) is 5.91 Å². The van der Waals surface area contributed by atoms with Crippen LogP contribution in [0.1, 0.15) is 52.5 Å². The van der Waals surface area contributed by atoms with E-state index in [4.69, 9.17) is 4.52 Å². The lowest BCUT2D eigenvalue weighted by Crippen LogP contribution is -2.37. The first-order valence-corrected chi connectivity index (χ1v) is 13.1. The molecule has 6 rings (SSSR count). The number of benzene rings is 2. The van der Waals surface area contributed by atoms with Crippen molar-refractivity contribution >= 4 is 23.0 Å². The van der Waals surface area contributed by atoms with Crippen molar-refractivity contribution in [3.05, 3.63) is 95.2 Å². The summed E-state index contributed by atoms with van der Waals surface area (Å²) in [5, 5.41) is 5.18. The average molecular weight is 499 g/mol. The SMILES string of the molecule is O=C1c2ccn(Cc3ccccc3)c2C=CCN1CCCN1CCC(c2noc3cc(F)ccc23)CC1. The number of amides is 1. The summed E-state index contributed by atoms with van der Waals surface area (Å²) in [6.07, 6.45) is 9.15. The monoisotopic (exact) mass is 498 g/mol. The summed E-state index contributed by atoms with van der Waals surface area (Å²) < 4.78 is 21.0. The van der Waals surface area contributed by atoms with Gasteiger partial charge in [-0.05, 0) is 68.7 Å². The summed E-state index contributed by atoms with van der Waals surface area (Å²) in [6, 6.07) is 16.9. The molecule has 2 aromatic heterocycles. The second-order valence-electron chi connectivity index (χ2n) is 10.1. The molecule has 0 saturated carbocycles. The van der Waals surface area contributed by atoms with Gasteiger partial charge in [-0.25, -0.2) is 4.39 Å². The molecule has 2 aromatic carbocycles. The fraction of sp³-hybridized carbons (Fsp3) is 0.333. The average Bonchev–Trinajstić information content (AvgIpc) is 3.48. The van der Waals surface area contributed by atoms with Crippen LogP contribution >= 0.6 is 0 Å². The van der Waals surface area contributed by atoms with E-state index in [0.29, 0.717) is 18.0 Å². The predicted molar refractivity (Wildman–Crippen MR) is 142 cm³/mol. The van der Waals surface area contributed by atoms with Gasteiger partial charge in [0.15, 0.2) is 5.58 Å². The van der Waals surface area contributed by atoms with Crippen LogP contribution < -0.4 is 0 Å². The number of piperidine rings is 1. The molecule has 2 aliphatic heterocycles. The largest absolute Gasteiger partial charge is 0.356 e. The van der Waals surface area contributed by atoms with Gasteiger partial charge >= 0.3 is 0 Å². The molecule has 1 fully saturated rings. The molecule has 1 amide bonds. The Morgan fingerprint density at radius 1 is 1.03 bits per heavy atom. The van der Waals surface area contributed by atoms with Crippen molar-refractivity contribution in [1.82, 2.24) is 19.5 Å². The fourth-order valence-electron chi connectivity index (χ4n) is 5.65. The van der Waals surface area contributed by atoms with Gasteiger partial charge in [-0.1, -0.05) is 41.6 Å². The van der Waals surface area contributed by atoms with Crippen molar-refractivity contribution in [2.75, 3.05) is 32.7 Å². The third kappa shape index (κ3) is 4.96. The predicted octanol–water partition coefficient (Wildman–Crippen LogP) is 5.56. The van der Waals surface area contributed by atoms with E-state index in [-0.39, 0.29) is 11.7 Å². The Morgan fingerprint density at radius 2 is 1.86 bits per heavy atom. The number of carbonyl (C=O) groups excluding carboxylic acids is 1. The third-order valence-electron chi connectivity index (χ3n) is 7.66.